The molecule has 0 aromatic carbocycles. The summed E-state index contributed by atoms with van der Waals surface area (Å²) >= 11 is 0. The first-order valence-electron chi connectivity index (χ1n) is 4.45. The average molecular weight is 158 g/mol. The fraction of sp³-hybridized carbons (Fsp3) is 1.00. The molecule has 1 aliphatic heterocycles. The highest BCUT2D eigenvalue weighted by Crippen LogP contribution is 2.31. The summed E-state index contributed by atoms with van der Waals surface area (Å²) in [5, 5.41) is 0. The van der Waals surface area contributed by atoms with Crippen LogP contribution in [0.15, 0.2) is 0 Å². The summed E-state index contributed by atoms with van der Waals surface area (Å²) < 4.78 is 10.9. The quantitative estimate of drug-likeness (QED) is 0.613. The summed E-state index contributed by atoms with van der Waals surface area (Å²) in [6.07, 6.45) is 2.30. The first kappa shape index (κ1) is 9.01. The summed E-state index contributed by atoms with van der Waals surface area (Å²) in [7, 11) is 0. The summed E-state index contributed by atoms with van der Waals surface area (Å²) in [4.78, 5) is 0. The number of hydrogen-bond acceptors (Lipinski definition) is 2. The monoisotopic (exact) mass is 158 g/mol. The zero-order chi connectivity index (χ0) is 8.32. The van der Waals surface area contributed by atoms with Gasteiger partial charge in [-0.1, -0.05) is 13.8 Å². The van der Waals surface area contributed by atoms with Gasteiger partial charge < -0.3 is 9.47 Å². The molecule has 0 aromatic heterocycles. The van der Waals surface area contributed by atoms with Gasteiger partial charge in [-0.05, 0) is 19.8 Å². The molecule has 2 nitrogen and oxygen atoms in total. The Bertz CT molecular complexity index is 109. The lowest BCUT2D eigenvalue weighted by Gasteiger charge is -2.37. The molecule has 1 fully saturated rings. The zero-order valence-corrected chi connectivity index (χ0v) is 7.72. The van der Waals surface area contributed by atoms with Crippen LogP contribution in [-0.4, -0.2) is 19.5 Å². The molecular formula is C9H18O2. The molecule has 0 amide bonds. The Balaban J connectivity index is 2.45. The Labute approximate surface area is 68.9 Å². The first-order valence-corrected chi connectivity index (χ1v) is 4.45. The predicted octanol–water partition coefficient (Wildman–Crippen LogP) is 2.19. The highest BCUT2D eigenvalue weighted by Gasteiger charge is 2.32. The third kappa shape index (κ3) is 1.94. The second-order valence-electron chi connectivity index (χ2n) is 3.40. The van der Waals surface area contributed by atoms with E-state index in [9.17, 15) is 0 Å². The fourth-order valence-electron chi connectivity index (χ4n) is 1.34. The molecule has 1 rings (SSSR count). The Morgan fingerprint density at radius 2 is 1.64 bits per heavy atom. The van der Waals surface area contributed by atoms with Crippen LogP contribution in [0.1, 0.15) is 33.6 Å². The van der Waals surface area contributed by atoms with Crippen molar-refractivity contribution in [2.24, 2.45) is 5.41 Å². The Kier molecular flexibility index (Phi) is 2.90. The molecule has 0 unspecified atom stereocenters. The number of hydrogen-bond donors (Lipinski definition) is 0. The van der Waals surface area contributed by atoms with Gasteiger partial charge in [0.15, 0.2) is 6.29 Å². The largest absolute Gasteiger partial charge is 0.352 e. The zero-order valence-electron chi connectivity index (χ0n) is 7.72. The maximum atomic E-state index is 5.45. The van der Waals surface area contributed by atoms with Gasteiger partial charge in [0.05, 0.1) is 13.2 Å². The number of ether oxygens (including phenoxy) is 2. The van der Waals surface area contributed by atoms with Crippen molar-refractivity contribution in [3.05, 3.63) is 0 Å². The fourth-order valence-corrected chi connectivity index (χ4v) is 1.34. The van der Waals surface area contributed by atoms with E-state index in [0.29, 0.717) is 5.41 Å². The Morgan fingerprint density at radius 3 is 2.00 bits per heavy atom. The molecule has 1 heterocycles. The van der Waals surface area contributed by atoms with Crippen molar-refractivity contribution in [2.75, 3.05) is 13.2 Å². The van der Waals surface area contributed by atoms with E-state index >= 15 is 0 Å². The minimum atomic E-state index is 0.00113. The minimum Gasteiger partial charge on any atom is -0.352 e. The maximum absolute atomic E-state index is 5.45. The van der Waals surface area contributed by atoms with Crippen LogP contribution in [0.25, 0.3) is 0 Å². The predicted molar refractivity (Wildman–Crippen MR) is 44.4 cm³/mol. The van der Waals surface area contributed by atoms with Crippen LogP contribution < -0.4 is 0 Å². The molecule has 2 heteroatoms. The van der Waals surface area contributed by atoms with Crippen LogP contribution >= 0.6 is 0 Å². The van der Waals surface area contributed by atoms with Crippen molar-refractivity contribution in [3.63, 3.8) is 0 Å². The SMILES string of the molecule is CCC1(CC)COC(C)OC1. The van der Waals surface area contributed by atoms with Crippen LogP contribution in [0, 0.1) is 5.41 Å². The van der Waals surface area contributed by atoms with E-state index in [1.54, 1.807) is 0 Å². The molecule has 0 saturated carbocycles. The third-order valence-electron chi connectivity index (χ3n) is 2.75. The minimum absolute atomic E-state index is 0.00113. The van der Waals surface area contributed by atoms with Crippen LogP contribution in [0.3, 0.4) is 0 Å². The van der Waals surface area contributed by atoms with E-state index in [1.165, 1.54) is 0 Å². The van der Waals surface area contributed by atoms with Crippen LogP contribution in [-0.2, 0) is 9.47 Å². The standard InChI is InChI=1S/C9H18O2/c1-4-9(5-2)6-10-8(3)11-7-9/h8H,4-7H2,1-3H3. The molecule has 0 N–H and O–H groups in total. The second kappa shape index (κ2) is 3.55. The van der Waals surface area contributed by atoms with E-state index in [2.05, 4.69) is 13.8 Å². The van der Waals surface area contributed by atoms with Gasteiger partial charge >= 0.3 is 0 Å². The highest BCUT2D eigenvalue weighted by molar-refractivity contribution is 4.78. The van der Waals surface area contributed by atoms with Gasteiger partial charge in [-0.2, -0.15) is 0 Å². The van der Waals surface area contributed by atoms with Gasteiger partial charge in [0, 0.05) is 5.41 Å². The van der Waals surface area contributed by atoms with Crippen molar-refractivity contribution in [3.8, 4) is 0 Å². The lowest BCUT2D eigenvalue weighted by Crippen LogP contribution is -2.39. The lowest BCUT2D eigenvalue weighted by molar-refractivity contribution is -0.222. The third-order valence-corrected chi connectivity index (χ3v) is 2.75. The topological polar surface area (TPSA) is 18.5 Å². The van der Waals surface area contributed by atoms with Gasteiger partial charge in [-0.3, -0.25) is 0 Å². The van der Waals surface area contributed by atoms with Crippen molar-refractivity contribution >= 4 is 0 Å². The van der Waals surface area contributed by atoms with E-state index < -0.39 is 0 Å². The van der Waals surface area contributed by atoms with Gasteiger partial charge in [-0.15, -0.1) is 0 Å². The smallest absolute Gasteiger partial charge is 0.154 e. The molecule has 0 aromatic rings. The summed E-state index contributed by atoms with van der Waals surface area (Å²) in [5.41, 5.74) is 0.298. The molecule has 1 saturated heterocycles. The summed E-state index contributed by atoms with van der Waals surface area (Å²) in [5.74, 6) is 0. The molecule has 0 radical (unpaired) electrons. The normalized spacial score (nSPS) is 25.4. The van der Waals surface area contributed by atoms with E-state index in [-0.39, 0.29) is 6.29 Å². The lowest BCUT2D eigenvalue weighted by atomic mass is 9.84. The molecule has 11 heavy (non-hydrogen) atoms. The Hall–Kier alpha value is -0.0800. The van der Waals surface area contributed by atoms with Crippen LogP contribution in [0.5, 0.6) is 0 Å². The van der Waals surface area contributed by atoms with E-state index in [4.69, 9.17) is 9.47 Å². The molecule has 66 valence electrons. The van der Waals surface area contributed by atoms with Gasteiger partial charge in [0.1, 0.15) is 0 Å². The molecular weight excluding hydrogens is 140 g/mol. The first-order chi connectivity index (χ1) is 5.22. The van der Waals surface area contributed by atoms with E-state index in [0.717, 1.165) is 26.1 Å². The summed E-state index contributed by atoms with van der Waals surface area (Å²) in [6, 6.07) is 0. The molecule has 0 bridgehead atoms. The van der Waals surface area contributed by atoms with E-state index in [1.807, 2.05) is 6.92 Å². The second-order valence-corrected chi connectivity index (χ2v) is 3.40. The molecule has 0 aliphatic carbocycles. The van der Waals surface area contributed by atoms with Crippen molar-refractivity contribution in [1.82, 2.24) is 0 Å². The molecule has 0 spiro atoms. The summed E-state index contributed by atoms with van der Waals surface area (Å²) in [6.45, 7) is 8.08. The van der Waals surface area contributed by atoms with Gasteiger partial charge in [-0.25, -0.2) is 0 Å². The van der Waals surface area contributed by atoms with Crippen molar-refractivity contribution in [2.45, 2.75) is 39.9 Å². The van der Waals surface area contributed by atoms with Gasteiger partial charge in [0.25, 0.3) is 0 Å². The number of rotatable bonds is 2. The van der Waals surface area contributed by atoms with Crippen LogP contribution in [0.4, 0.5) is 0 Å². The van der Waals surface area contributed by atoms with Crippen molar-refractivity contribution < 1.29 is 9.47 Å². The molecule has 1 aliphatic rings. The maximum Gasteiger partial charge on any atom is 0.154 e. The average Bonchev–Trinajstić information content (AvgIpc) is 2.07. The Morgan fingerprint density at radius 1 is 1.18 bits per heavy atom. The van der Waals surface area contributed by atoms with Crippen LogP contribution in [0.2, 0.25) is 0 Å². The molecule has 0 atom stereocenters. The van der Waals surface area contributed by atoms with Crippen molar-refractivity contribution in [1.29, 1.82) is 0 Å². The van der Waals surface area contributed by atoms with Gasteiger partial charge in [0.2, 0.25) is 0 Å². The highest BCUT2D eigenvalue weighted by atomic mass is 16.7.